The number of hydrogen-bond acceptors (Lipinski definition) is 7. The summed E-state index contributed by atoms with van der Waals surface area (Å²) in [5.74, 6) is -0.938. The summed E-state index contributed by atoms with van der Waals surface area (Å²) < 4.78 is 15.6. The van der Waals surface area contributed by atoms with E-state index in [2.05, 4.69) is 4.99 Å². The van der Waals surface area contributed by atoms with Crippen molar-refractivity contribution < 1.29 is 24.2 Å². The second-order valence-electron chi connectivity index (χ2n) is 10.5. The van der Waals surface area contributed by atoms with Crippen LogP contribution in [0.25, 0.3) is 11.8 Å². The number of carboxylic acids is 1. The monoisotopic (exact) mass is 599 g/mol. The molecule has 3 heterocycles. The minimum Gasteiger partial charge on any atom is -0.491 e. The molecular formula is C33H33N3O6S. The molecule has 43 heavy (non-hydrogen) atoms. The van der Waals surface area contributed by atoms with Gasteiger partial charge in [0.1, 0.15) is 11.8 Å². The van der Waals surface area contributed by atoms with E-state index in [1.54, 1.807) is 42.7 Å². The van der Waals surface area contributed by atoms with E-state index in [1.165, 1.54) is 11.3 Å². The van der Waals surface area contributed by atoms with Gasteiger partial charge in [-0.2, -0.15) is 0 Å². The number of aromatic carboxylic acids is 1. The van der Waals surface area contributed by atoms with Crippen molar-refractivity contribution in [3.63, 3.8) is 0 Å². The fourth-order valence-corrected chi connectivity index (χ4v) is 6.42. The zero-order valence-electron chi connectivity index (χ0n) is 24.9. The topological polar surface area (TPSA) is 112 Å². The highest BCUT2D eigenvalue weighted by atomic mass is 32.1. The van der Waals surface area contributed by atoms with Crippen molar-refractivity contribution in [3.8, 4) is 11.4 Å². The molecule has 0 saturated carbocycles. The number of para-hydroxylation sites is 1. The number of fused-ring (bicyclic) bond motifs is 1. The zero-order chi connectivity index (χ0) is 31.0. The molecule has 0 aliphatic carbocycles. The third-order valence-electron chi connectivity index (χ3n) is 7.22. The Morgan fingerprint density at radius 1 is 1.09 bits per heavy atom. The van der Waals surface area contributed by atoms with Gasteiger partial charge in [-0.3, -0.25) is 9.36 Å². The third kappa shape index (κ3) is 5.58. The average Bonchev–Trinajstić information content (AvgIpc) is 3.41. The highest BCUT2D eigenvalue weighted by molar-refractivity contribution is 7.07. The molecule has 2 aromatic carbocycles. The number of benzene rings is 2. The summed E-state index contributed by atoms with van der Waals surface area (Å²) in [6.45, 7) is 11.4. The summed E-state index contributed by atoms with van der Waals surface area (Å²) in [5, 5.41) is 9.27. The second-order valence-corrected chi connectivity index (χ2v) is 11.5. The fraction of sp³-hybridized carbons (Fsp3) is 0.273. The summed E-state index contributed by atoms with van der Waals surface area (Å²) in [4.78, 5) is 43.9. The van der Waals surface area contributed by atoms with Gasteiger partial charge in [0.15, 0.2) is 4.80 Å². The van der Waals surface area contributed by atoms with Crippen LogP contribution in [0.4, 0.5) is 0 Å². The van der Waals surface area contributed by atoms with E-state index in [-0.39, 0.29) is 23.8 Å². The van der Waals surface area contributed by atoms with Crippen molar-refractivity contribution >= 4 is 29.4 Å². The van der Waals surface area contributed by atoms with Gasteiger partial charge < -0.3 is 19.1 Å². The van der Waals surface area contributed by atoms with Gasteiger partial charge in [-0.1, -0.05) is 29.5 Å². The van der Waals surface area contributed by atoms with E-state index in [0.717, 1.165) is 22.6 Å². The maximum atomic E-state index is 14.1. The van der Waals surface area contributed by atoms with Gasteiger partial charge >= 0.3 is 11.9 Å². The quantitative estimate of drug-likeness (QED) is 0.294. The molecule has 0 radical (unpaired) electrons. The summed E-state index contributed by atoms with van der Waals surface area (Å²) in [5.41, 5.74) is 4.85. The molecule has 2 aromatic heterocycles. The zero-order valence-corrected chi connectivity index (χ0v) is 25.7. The van der Waals surface area contributed by atoms with Gasteiger partial charge in [0, 0.05) is 22.6 Å². The maximum absolute atomic E-state index is 14.1. The van der Waals surface area contributed by atoms with Crippen LogP contribution in [-0.2, 0) is 9.53 Å². The summed E-state index contributed by atoms with van der Waals surface area (Å²) in [7, 11) is 0. The Balaban J connectivity index is 1.68. The molecule has 1 aliphatic rings. The van der Waals surface area contributed by atoms with Crippen molar-refractivity contribution in [3.05, 3.63) is 114 Å². The first-order valence-electron chi connectivity index (χ1n) is 14.0. The van der Waals surface area contributed by atoms with Crippen molar-refractivity contribution in [2.24, 2.45) is 4.99 Å². The van der Waals surface area contributed by atoms with Crippen LogP contribution in [0, 0.1) is 13.8 Å². The Morgan fingerprint density at radius 3 is 2.44 bits per heavy atom. The van der Waals surface area contributed by atoms with Gasteiger partial charge in [-0.25, -0.2) is 14.6 Å². The highest BCUT2D eigenvalue weighted by Crippen LogP contribution is 2.36. The molecule has 0 fully saturated rings. The molecule has 4 aromatic rings. The van der Waals surface area contributed by atoms with E-state index in [4.69, 9.17) is 9.47 Å². The van der Waals surface area contributed by atoms with Crippen molar-refractivity contribution in [2.45, 2.75) is 53.7 Å². The number of allylic oxidation sites excluding steroid dienone is 1. The van der Waals surface area contributed by atoms with E-state index in [9.17, 15) is 19.5 Å². The molecule has 222 valence electrons. The van der Waals surface area contributed by atoms with Crippen LogP contribution in [0.3, 0.4) is 0 Å². The third-order valence-corrected chi connectivity index (χ3v) is 8.21. The van der Waals surface area contributed by atoms with Gasteiger partial charge in [0.25, 0.3) is 5.56 Å². The van der Waals surface area contributed by atoms with Crippen LogP contribution >= 0.6 is 11.3 Å². The Kier molecular flexibility index (Phi) is 8.23. The highest BCUT2D eigenvalue weighted by Gasteiger charge is 2.35. The van der Waals surface area contributed by atoms with Crippen molar-refractivity contribution in [1.29, 1.82) is 0 Å². The predicted octanol–water partition coefficient (Wildman–Crippen LogP) is 4.69. The molecule has 0 bridgehead atoms. The predicted molar refractivity (Wildman–Crippen MR) is 165 cm³/mol. The summed E-state index contributed by atoms with van der Waals surface area (Å²) in [6, 6.07) is 15.3. The number of carbonyl (C=O) groups is 2. The maximum Gasteiger partial charge on any atom is 0.338 e. The number of carboxylic acid groups (broad SMARTS) is 1. The average molecular weight is 600 g/mol. The first-order valence-corrected chi connectivity index (χ1v) is 14.8. The largest absolute Gasteiger partial charge is 0.491 e. The van der Waals surface area contributed by atoms with E-state index < -0.39 is 18.0 Å². The van der Waals surface area contributed by atoms with Gasteiger partial charge in [0.2, 0.25) is 0 Å². The smallest absolute Gasteiger partial charge is 0.338 e. The van der Waals surface area contributed by atoms with Crippen LogP contribution in [0.15, 0.2) is 75.7 Å². The van der Waals surface area contributed by atoms with Crippen molar-refractivity contribution in [2.75, 3.05) is 6.61 Å². The van der Waals surface area contributed by atoms with Gasteiger partial charge in [-0.15, -0.1) is 0 Å². The van der Waals surface area contributed by atoms with Crippen LogP contribution in [0.5, 0.6) is 5.75 Å². The number of aromatic nitrogens is 2. The number of ether oxygens (including phenoxy) is 2. The van der Waals surface area contributed by atoms with Gasteiger partial charge in [-0.05, 0) is 89.6 Å². The molecule has 1 N–H and O–H groups in total. The lowest BCUT2D eigenvalue weighted by molar-refractivity contribution is -0.139. The normalized spacial score (nSPS) is 15.0. The van der Waals surface area contributed by atoms with Crippen LogP contribution in [0.1, 0.15) is 66.6 Å². The first-order chi connectivity index (χ1) is 20.5. The number of esters is 1. The lowest BCUT2D eigenvalue weighted by Gasteiger charge is -2.26. The Morgan fingerprint density at radius 2 is 1.79 bits per heavy atom. The molecule has 0 unspecified atom stereocenters. The molecule has 0 saturated heterocycles. The Hall–Kier alpha value is -4.70. The molecular weight excluding hydrogens is 566 g/mol. The molecule has 10 heteroatoms. The lowest BCUT2D eigenvalue weighted by atomic mass is 9.95. The number of thiazole rings is 1. The SMILES string of the molecule is CCOC(=O)C1=C(C)N=c2s/c(=C/c3cc(C)n(-c4ccc(C(=O)O)cc4)c3C)c(=O)n2[C@H]1c1ccccc1OC(C)C. The molecule has 1 aliphatic heterocycles. The van der Waals surface area contributed by atoms with Crippen molar-refractivity contribution in [1.82, 2.24) is 9.13 Å². The number of nitrogens with zero attached hydrogens (tertiary/aromatic N) is 3. The van der Waals surface area contributed by atoms with Gasteiger partial charge in [0.05, 0.1) is 34.1 Å². The molecule has 9 nitrogen and oxygen atoms in total. The molecule has 1 atom stereocenters. The number of rotatable bonds is 8. The van der Waals surface area contributed by atoms with Crippen LogP contribution < -0.4 is 19.6 Å². The van der Waals surface area contributed by atoms with Crippen LogP contribution in [-0.4, -0.2) is 38.9 Å². The standard InChI is InChI=1S/C33H33N3O6S/c1-7-41-32(40)28-20(5)34-33-36(29(28)25-10-8-9-11-26(25)42-18(2)3)30(37)27(43-33)17-23-16-19(4)35(21(23)6)24-14-12-22(13-15-24)31(38)39/h8-18,29H,7H2,1-6H3,(H,38,39)/b27-17+/t29-/m0/s1. The number of carbonyl (C=O) groups excluding carboxylic acids is 1. The first kappa shape index (κ1) is 29.8. The Labute approximate surface area is 252 Å². The second kappa shape index (κ2) is 11.9. The lowest BCUT2D eigenvalue weighted by Crippen LogP contribution is -2.40. The summed E-state index contributed by atoms with van der Waals surface area (Å²) >= 11 is 1.26. The minimum absolute atomic E-state index is 0.122. The number of hydrogen-bond donors (Lipinski definition) is 1. The van der Waals surface area contributed by atoms with Crippen LogP contribution in [0.2, 0.25) is 0 Å². The van der Waals surface area contributed by atoms with E-state index >= 15 is 0 Å². The van der Waals surface area contributed by atoms with E-state index in [0.29, 0.717) is 31.9 Å². The summed E-state index contributed by atoms with van der Waals surface area (Å²) in [6.07, 6.45) is 1.72. The molecule has 5 rings (SSSR count). The minimum atomic E-state index is -0.985. The van der Waals surface area contributed by atoms with E-state index in [1.807, 2.05) is 68.7 Å². The number of aryl methyl sites for hydroxylation is 1. The molecule has 0 spiro atoms. The fourth-order valence-electron chi connectivity index (χ4n) is 5.38. The Bertz CT molecular complexity index is 1940. The molecule has 0 amide bonds.